The predicted molar refractivity (Wildman–Crippen MR) is 118 cm³/mol. The maximum atomic E-state index is 12.9. The Hall–Kier alpha value is -2.23. The number of anilines is 1. The SMILES string of the molecule is COc1ccc(S(=O)(=O)N2CCN(C(=O)CN3CCSc4ccccc43)CC2)cc1. The van der Waals surface area contributed by atoms with Gasteiger partial charge in [0.1, 0.15) is 5.75 Å². The van der Waals surface area contributed by atoms with Gasteiger partial charge in [-0.15, -0.1) is 11.8 Å². The van der Waals surface area contributed by atoms with Crippen LogP contribution >= 0.6 is 11.8 Å². The molecule has 1 amide bonds. The summed E-state index contributed by atoms with van der Waals surface area (Å²) in [6.07, 6.45) is 0. The van der Waals surface area contributed by atoms with Crippen LogP contribution in [0.3, 0.4) is 0 Å². The summed E-state index contributed by atoms with van der Waals surface area (Å²) in [4.78, 5) is 18.2. The summed E-state index contributed by atoms with van der Waals surface area (Å²) >= 11 is 1.81. The number of methoxy groups -OCH3 is 1. The fourth-order valence-electron chi connectivity index (χ4n) is 3.73. The Balaban J connectivity index is 1.37. The average Bonchev–Trinajstić information content (AvgIpc) is 2.79. The second-order valence-electron chi connectivity index (χ2n) is 7.20. The van der Waals surface area contributed by atoms with Gasteiger partial charge in [-0.1, -0.05) is 12.1 Å². The van der Waals surface area contributed by atoms with E-state index in [9.17, 15) is 13.2 Å². The molecular formula is C21H25N3O4S2. The zero-order valence-electron chi connectivity index (χ0n) is 16.9. The number of rotatable bonds is 5. The number of benzene rings is 2. The first-order chi connectivity index (χ1) is 14.5. The number of carbonyl (C=O) groups excluding carboxylic acids is 1. The Kier molecular flexibility index (Phi) is 6.21. The quantitative estimate of drug-likeness (QED) is 0.700. The van der Waals surface area contributed by atoms with Crippen LogP contribution in [0.25, 0.3) is 0 Å². The number of sulfonamides is 1. The van der Waals surface area contributed by atoms with Crippen molar-refractivity contribution < 1.29 is 17.9 Å². The largest absolute Gasteiger partial charge is 0.497 e. The highest BCUT2D eigenvalue weighted by Crippen LogP contribution is 2.34. The number of hydrogen-bond donors (Lipinski definition) is 0. The van der Waals surface area contributed by atoms with Crippen LogP contribution in [0.15, 0.2) is 58.3 Å². The molecule has 30 heavy (non-hydrogen) atoms. The molecular weight excluding hydrogens is 422 g/mol. The number of piperazine rings is 1. The molecule has 4 rings (SSSR count). The number of ether oxygens (including phenoxy) is 1. The standard InChI is InChI=1S/C21H25N3O4S2/c1-28-17-6-8-18(9-7-17)30(26,27)24-12-10-22(11-13-24)21(25)16-23-14-15-29-20-5-3-2-4-19(20)23/h2-9H,10-16H2,1H3. The van der Waals surface area contributed by atoms with E-state index in [1.165, 1.54) is 9.20 Å². The van der Waals surface area contributed by atoms with Gasteiger partial charge in [0.25, 0.3) is 0 Å². The van der Waals surface area contributed by atoms with Crippen molar-refractivity contribution in [2.24, 2.45) is 0 Å². The van der Waals surface area contributed by atoms with E-state index in [4.69, 9.17) is 4.74 Å². The van der Waals surface area contributed by atoms with Crippen molar-refractivity contribution in [3.05, 3.63) is 48.5 Å². The van der Waals surface area contributed by atoms with Gasteiger partial charge < -0.3 is 14.5 Å². The summed E-state index contributed by atoms with van der Waals surface area (Å²) in [5, 5.41) is 0. The molecule has 1 fully saturated rings. The van der Waals surface area contributed by atoms with Crippen molar-refractivity contribution in [1.82, 2.24) is 9.21 Å². The van der Waals surface area contributed by atoms with Crippen LogP contribution < -0.4 is 9.64 Å². The monoisotopic (exact) mass is 447 g/mol. The molecule has 1 saturated heterocycles. The van der Waals surface area contributed by atoms with Crippen LogP contribution in [0.4, 0.5) is 5.69 Å². The van der Waals surface area contributed by atoms with Crippen molar-refractivity contribution >= 4 is 33.4 Å². The van der Waals surface area contributed by atoms with Crippen molar-refractivity contribution in [3.8, 4) is 5.75 Å². The van der Waals surface area contributed by atoms with Gasteiger partial charge in [0.2, 0.25) is 15.9 Å². The van der Waals surface area contributed by atoms with Gasteiger partial charge in [-0.05, 0) is 36.4 Å². The van der Waals surface area contributed by atoms with Crippen LogP contribution in [-0.4, -0.2) is 75.7 Å². The fraction of sp³-hybridized carbons (Fsp3) is 0.381. The van der Waals surface area contributed by atoms with Gasteiger partial charge in [-0.2, -0.15) is 4.31 Å². The highest BCUT2D eigenvalue weighted by atomic mass is 32.2. The van der Waals surface area contributed by atoms with Crippen molar-refractivity contribution in [2.75, 3.05) is 57.0 Å². The molecule has 0 bridgehead atoms. The summed E-state index contributed by atoms with van der Waals surface area (Å²) < 4.78 is 32.3. The zero-order valence-corrected chi connectivity index (χ0v) is 18.5. The Labute approximate surface area is 181 Å². The summed E-state index contributed by atoms with van der Waals surface area (Å²) in [6.45, 7) is 2.55. The lowest BCUT2D eigenvalue weighted by Gasteiger charge is -2.36. The first kappa shape index (κ1) is 21.0. The molecule has 0 aromatic heterocycles. The van der Waals surface area contributed by atoms with Gasteiger partial charge in [0.05, 0.1) is 24.2 Å². The molecule has 0 aliphatic carbocycles. The van der Waals surface area contributed by atoms with E-state index in [0.29, 0.717) is 38.5 Å². The Morgan fingerprint density at radius 3 is 2.40 bits per heavy atom. The number of hydrogen-bond acceptors (Lipinski definition) is 6. The maximum Gasteiger partial charge on any atom is 0.243 e. The maximum absolute atomic E-state index is 12.9. The van der Waals surface area contributed by atoms with Gasteiger partial charge in [0, 0.05) is 43.4 Å². The molecule has 0 unspecified atom stereocenters. The van der Waals surface area contributed by atoms with E-state index >= 15 is 0 Å². The molecule has 0 radical (unpaired) electrons. The molecule has 0 atom stereocenters. The second-order valence-corrected chi connectivity index (χ2v) is 10.3. The lowest BCUT2D eigenvalue weighted by Crippen LogP contribution is -2.52. The minimum atomic E-state index is -3.58. The molecule has 0 N–H and O–H groups in total. The highest BCUT2D eigenvalue weighted by molar-refractivity contribution is 7.99. The summed E-state index contributed by atoms with van der Waals surface area (Å²) in [5.41, 5.74) is 1.10. The lowest BCUT2D eigenvalue weighted by molar-refractivity contribution is -0.130. The van der Waals surface area contributed by atoms with E-state index < -0.39 is 10.0 Å². The van der Waals surface area contributed by atoms with Crippen LogP contribution in [0.5, 0.6) is 5.75 Å². The molecule has 0 spiro atoms. The van der Waals surface area contributed by atoms with E-state index in [2.05, 4.69) is 11.0 Å². The summed E-state index contributed by atoms with van der Waals surface area (Å²) in [6, 6.07) is 14.5. The second kappa shape index (κ2) is 8.87. The summed E-state index contributed by atoms with van der Waals surface area (Å²) in [5.74, 6) is 1.61. The van der Waals surface area contributed by atoms with Gasteiger partial charge in [-0.3, -0.25) is 4.79 Å². The zero-order chi connectivity index (χ0) is 21.1. The smallest absolute Gasteiger partial charge is 0.243 e. The summed E-state index contributed by atoms with van der Waals surface area (Å²) in [7, 11) is -2.03. The molecule has 2 aromatic rings. The topological polar surface area (TPSA) is 70.2 Å². The Morgan fingerprint density at radius 2 is 1.70 bits per heavy atom. The van der Waals surface area contributed by atoms with E-state index in [0.717, 1.165) is 18.0 Å². The third-order valence-corrected chi connectivity index (χ3v) is 8.40. The van der Waals surface area contributed by atoms with Crippen LogP contribution in [-0.2, 0) is 14.8 Å². The average molecular weight is 448 g/mol. The molecule has 9 heteroatoms. The lowest BCUT2D eigenvalue weighted by atomic mass is 10.2. The predicted octanol–water partition coefficient (Wildman–Crippen LogP) is 2.14. The van der Waals surface area contributed by atoms with E-state index in [-0.39, 0.29) is 10.8 Å². The Bertz CT molecular complexity index is 1000. The molecule has 2 aliphatic rings. The first-order valence-electron chi connectivity index (χ1n) is 9.88. The minimum Gasteiger partial charge on any atom is -0.497 e. The third-order valence-electron chi connectivity index (χ3n) is 5.44. The number of thioether (sulfide) groups is 1. The van der Waals surface area contributed by atoms with Crippen molar-refractivity contribution in [2.45, 2.75) is 9.79 Å². The third kappa shape index (κ3) is 4.28. The molecule has 0 saturated carbocycles. The molecule has 7 nitrogen and oxygen atoms in total. The number of carbonyl (C=O) groups is 1. The molecule has 160 valence electrons. The van der Waals surface area contributed by atoms with Crippen molar-refractivity contribution in [3.63, 3.8) is 0 Å². The van der Waals surface area contributed by atoms with Crippen molar-refractivity contribution in [1.29, 1.82) is 0 Å². The van der Waals surface area contributed by atoms with Crippen LogP contribution in [0.1, 0.15) is 0 Å². The van der Waals surface area contributed by atoms with E-state index in [1.54, 1.807) is 36.3 Å². The van der Waals surface area contributed by atoms with Crippen LogP contribution in [0, 0.1) is 0 Å². The molecule has 2 aromatic carbocycles. The van der Waals surface area contributed by atoms with E-state index in [1.807, 2.05) is 30.0 Å². The van der Waals surface area contributed by atoms with Gasteiger partial charge in [-0.25, -0.2) is 8.42 Å². The molecule has 2 aliphatic heterocycles. The Morgan fingerprint density at radius 1 is 1.00 bits per heavy atom. The fourth-order valence-corrected chi connectivity index (χ4v) is 6.20. The number of nitrogens with zero attached hydrogens (tertiary/aromatic N) is 3. The van der Waals surface area contributed by atoms with Gasteiger partial charge >= 0.3 is 0 Å². The van der Waals surface area contributed by atoms with Crippen LogP contribution in [0.2, 0.25) is 0 Å². The molecule has 2 heterocycles. The first-order valence-corrected chi connectivity index (χ1v) is 12.3. The number of amides is 1. The minimum absolute atomic E-state index is 0.0400. The highest BCUT2D eigenvalue weighted by Gasteiger charge is 2.31. The normalized spacial score (nSPS) is 17.5. The number of para-hydroxylation sites is 1. The van der Waals surface area contributed by atoms with Gasteiger partial charge in [0.15, 0.2) is 0 Å². The number of fused-ring (bicyclic) bond motifs is 1.